The predicted molar refractivity (Wildman–Crippen MR) is 98.6 cm³/mol. The summed E-state index contributed by atoms with van der Waals surface area (Å²) in [7, 11) is 0. The third kappa shape index (κ3) is 4.18. The Hall–Kier alpha value is -2.82. The number of para-hydroxylation sites is 2. The Kier molecular flexibility index (Phi) is 5.67. The molecule has 3 aromatic rings. The zero-order chi connectivity index (χ0) is 17.5. The van der Waals surface area contributed by atoms with Crippen molar-refractivity contribution in [2.75, 3.05) is 6.61 Å². The number of imidazole rings is 1. The Bertz CT molecular complexity index is 825. The molecule has 0 spiro atoms. The van der Waals surface area contributed by atoms with Crippen molar-refractivity contribution in [1.29, 1.82) is 0 Å². The molecule has 25 heavy (non-hydrogen) atoms. The van der Waals surface area contributed by atoms with Crippen molar-refractivity contribution in [2.24, 2.45) is 0 Å². The number of carbonyl (C=O) groups is 1. The molecule has 0 saturated carbocycles. The summed E-state index contributed by atoms with van der Waals surface area (Å²) in [5.74, 6) is 1.76. The lowest BCUT2D eigenvalue weighted by Gasteiger charge is -2.10. The van der Waals surface area contributed by atoms with Gasteiger partial charge in [-0.3, -0.25) is 4.79 Å². The van der Waals surface area contributed by atoms with Gasteiger partial charge in [0.15, 0.2) is 0 Å². The molecule has 3 rings (SSSR count). The molecule has 1 amide bonds. The molecule has 1 aromatic heterocycles. The van der Waals surface area contributed by atoms with Crippen LogP contribution >= 0.6 is 0 Å². The number of aromatic nitrogens is 2. The number of hydrogen-bond donors (Lipinski definition) is 1. The van der Waals surface area contributed by atoms with E-state index in [-0.39, 0.29) is 0 Å². The molecule has 130 valence electrons. The van der Waals surface area contributed by atoms with E-state index < -0.39 is 0 Å². The Labute approximate surface area is 147 Å². The summed E-state index contributed by atoms with van der Waals surface area (Å²) in [6, 6.07) is 16.3. The van der Waals surface area contributed by atoms with Gasteiger partial charge >= 0.3 is 0 Å². The minimum absolute atomic E-state index is 0.428. The topological polar surface area (TPSA) is 56.1 Å². The van der Waals surface area contributed by atoms with E-state index in [1.807, 2.05) is 30.3 Å². The van der Waals surface area contributed by atoms with E-state index in [0.717, 1.165) is 42.0 Å². The van der Waals surface area contributed by atoms with Crippen LogP contribution in [0.25, 0.3) is 11.0 Å². The van der Waals surface area contributed by atoms with Crippen LogP contribution in [0.3, 0.4) is 0 Å². The fourth-order valence-electron chi connectivity index (χ4n) is 2.88. The molecule has 0 saturated heterocycles. The highest BCUT2D eigenvalue weighted by atomic mass is 16.5. The molecule has 0 radical (unpaired) electrons. The fourth-order valence-corrected chi connectivity index (χ4v) is 2.88. The number of carbonyl (C=O) groups excluding carboxylic acids is 1. The molecule has 0 unspecified atom stereocenters. The van der Waals surface area contributed by atoms with E-state index in [4.69, 9.17) is 4.74 Å². The molecule has 0 aliphatic carbocycles. The quantitative estimate of drug-likeness (QED) is 0.481. The highest BCUT2D eigenvalue weighted by Gasteiger charge is 2.09. The maximum atomic E-state index is 10.6. The third-order valence-electron chi connectivity index (χ3n) is 4.20. The van der Waals surface area contributed by atoms with Gasteiger partial charge in [-0.15, -0.1) is 0 Å². The molecule has 0 atom stereocenters. The maximum Gasteiger partial charge on any atom is 0.207 e. The van der Waals surface area contributed by atoms with Crippen LogP contribution in [0.15, 0.2) is 48.5 Å². The number of amides is 1. The van der Waals surface area contributed by atoms with Crippen LogP contribution in [0, 0.1) is 0 Å². The number of nitrogens with one attached hydrogen (secondary N) is 1. The Balaban J connectivity index is 1.62. The van der Waals surface area contributed by atoms with Crippen molar-refractivity contribution in [2.45, 2.75) is 32.9 Å². The second kappa shape index (κ2) is 8.33. The average molecular weight is 337 g/mol. The Morgan fingerprint density at radius 2 is 1.96 bits per heavy atom. The molecular weight excluding hydrogens is 314 g/mol. The third-order valence-corrected chi connectivity index (χ3v) is 4.20. The van der Waals surface area contributed by atoms with Crippen molar-refractivity contribution < 1.29 is 9.53 Å². The number of benzene rings is 2. The summed E-state index contributed by atoms with van der Waals surface area (Å²) >= 11 is 0. The SMILES string of the molecule is CCc1ccc(OCCCn2c(CNC=O)nc3ccccc32)cc1. The van der Waals surface area contributed by atoms with Crippen LogP contribution in [-0.4, -0.2) is 22.6 Å². The van der Waals surface area contributed by atoms with E-state index in [9.17, 15) is 4.79 Å². The van der Waals surface area contributed by atoms with Crippen molar-refractivity contribution >= 4 is 17.4 Å². The van der Waals surface area contributed by atoms with Crippen molar-refractivity contribution in [1.82, 2.24) is 14.9 Å². The van der Waals surface area contributed by atoms with Gasteiger partial charge in [-0.25, -0.2) is 4.98 Å². The first-order chi connectivity index (χ1) is 12.3. The number of ether oxygens (including phenoxy) is 1. The van der Waals surface area contributed by atoms with Gasteiger partial charge in [0.25, 0.3) is 0 Å². The van der Waals surface area contributed by atoms with Crippen LogP contribution in [0.4, 0.5) is 0 Å². The first-order valence-corrected chi connectivity index (χ1v) is 8.64. The van der Waals surface area contributed by atoms with Gasteiger partial charge in [0.1, 0.15) is 11.6 Å². The van der Waals surface area contributed by atoms with Crippen molar-refractivity contribution in [3.63, 3.8) is 0 Å². The van der Waals surface area contributed by atoms with E-state index in [0.29, 0.717) is 19.6 Å². The second-order valence-electron chi connectivity index (χ2n) is 5.87. The maximum absolute atomic E-state index is 10.6. The zero-order valence-electron chi connectivity index (χ0n) is 14.4. The summed E-state index contributed by atoms with van der Waals surface area (Å²) in [6.45, 7) is 4.00. The van der Waals surface area contributed by atoms with Crippen LogP contribution in [0.1, 0.15) is 24.7 Å². The largest absolute Gasteiger partial charge is 0.494 e. The minimum Gasteiger partial charge on any atom is -0.494 e. The lowest BCUT2D eigenvalue weighted by Crippen LogP contribution is -2.16. The minimum atomic E-state index is 0.428. The van der Waals surface area contributed by atoms with Crippen LogP contribution in [0.5, 0.6) is 5.75 Å². The lowest BCUT2D eigenvalue weighted by molar-refractivity contribution is -0.109. The molecule has 0 fully saturated rings. The zero-order valence-corrected chi connectivity index (χ0v) is 14.4. The summed E-state index contributed by atoms with van der Waals surface area (Å²) in [5.41, 5.74) is 3.34. The standard InChI is InChI=1S/C20H23N3O2/c1-2-16-8-10-17(11-9-16)25-13-5-12-23-19-7-4-3-6-18(19)22-20(23)14-21-15-24/h3-4,6-11,15H,2,5,12-14H2,1H3,(H,21,24). The van der Waals surface area contributed by atoms with Gasteiger partial charge in [0, 0.05) is 6.54 Å². The first-order valence-electron chi connectivity index (χ1n) is 8.64. The summed E-state index contributed by atoms with van der Waals surface area (Å²) < 4.78 is 7.98. The molecule has 5 heteroatoms. The highest BCUT2D eigenvalue weighted by Crippen LogP contribution is 2.17. The Morgan fingerprint density at radius 1 is 1.16 bits per heavy atom. The highest BCUT2D eigenvalue weighted by molar-refractivity contribution is 5.75. The Morgan fingerprint density at radius 3 is 2.72 bits per heavy atom. The molecule has 2 aromatic carbocycles. The van der Waals surface area contributed by atoms with Crippen LogP contribution in [0.2, 0.25) is 0 Å². The molecule has 0 bridgehead atoms. The molecule has 5 nitrogen and oxygen atoms in total. The predicted octanol–water partition coefficient (Wildman–Crippen LogP) is 3.31. The first kappa shape index (κ1) is 17.0. The average Bonchev–Trinajstić information content (AvgIpc) is 3.01. The van der Waals surface area contributed by atoms with Crippen LogP contribution in [-0.2, 0) is 24.3 Å². The van der Waals surface area contributed by atoms with E-state index >= 15 is 0 Å². The number of aryl methyl sites for hydroxylation is 2. The molecule has 0 aliphatic rings. The smallest absolute Gasteiger partial charge is 0.207 e. The molecule has 1 N–H and O–H groups in total. The second-order valence-corrected chi connectivity index (χ2v) is 5.87. The number of nitrogens with zero attached hydrogens (tertiary/aromatic N) is 2. The molecule has 1 heterocycles. The van der Waals surface area contributed by atoms with Crippen LogP contribution < -0.4 is 10.1 Å². The van der Waals surface area contributed by atoms with Crippen molar-refractivity contribution in [3.8, 4) is 5.75 Å². The van der Waals surface area contributed by atoms with E-state index in [1.165, 1.54) is 5.56 Å². The summed E-state index contributed by atoms with van der Waals surface area (Å²) in [5, 5.41) is 2.70. The summed E-state index contributed by atoms with van der Waals surface area (Å²) in [6.07, 6.45) is 2.60. The number of hydrogen-bond acceptors (Lipinski definition) is 3. The van der Waals surface area contributed by atoms with Crippen molar-refractivity contribution in [3.05, 3.63) is 59.9 Å². The van der Waals surface area contributed by atoms with Gasteiger partial charge in [-0.05, 0) is 42.7 Å². The van der Waals surface area contributed by atoms with E-state index in [2.05, 4.69) is 40.0 Å². The van der Waals surface area contributed by atoms with Gasteiger partial charge in [0.05, 0.1) is 24.2 Å². The van der Waals surface area contributed by atoms with Gasteiger partial charge in [-0.1, -0.05) is 31.2 Å². The van der Waals surface area contributed by atoms with Gasteiger partial charge in [0.2, 0.25) is 6.41 Å². The normalized spacial score (nSPS) is 10.8. The fraction of sp³-hybridized carbons (Fsp3) is 0.300. The lowest BCUT2D eigenvalue weighted by atomic mass is 10.2. The molecule has 0 aliphatic heterocycles. The van der Waals surface area contributed by atoms with E-state index in [1.54, 1.807) is 0 Å². The number of rotatable bonds is 9. The van der Waals surface area contributed by atoms with Gasteiger partial charge in [-0.2, -0.15) is 0 Å². The monoisotopic (exact) mass is 337 g/mol. The number of fused-ring (bicyclic) bond motifs is 1. The molecular formula is C20H23N3O2. The van der Waals surface area contributed by atoms with Gasteiger partial charge < -0.3 is 14.6 Å². The summed E-state index contributed by atoms with van der Waals surface area (Å²) in [4.78, 5) is 15.2.